The second-order valence-electron chi connectivity index (χ2n) is 9.28. The summed E-state index contributed by atoms with van der Waals surface area (Å²) in [6.07, 6.45) is 3.14. The number of hydrogen-bond donors (Lipinski definition) is 1. The number of benzene rings is 1. The van der Waals surface area contributed by atoms with Crippen LogP contribution >= 0.6 is 0 Å². The maximum Gasteiger partial charge on any atom is 0.143 e. The number of ketones is 1. The van der Waals surface area contributed by atoms with Crippen molar-refractivity contribution in [3.63, 3.8) is 0 Å². The van der Waals surface area contributed by atoms with Crippen LogP contribution in [0.5, 0.6) is 0 Å². The number of hydrogen-bond acceptors (Lipinski definition) is 5. The summed E-state index contributed by atoms with van der Waals surface area (Å²) in [5, 5.41) is 17.3. The highest BCUT2D eigenvalue weighted by atomic mass is 16.1. The van der Waals surface area contributed by atoms with Crippen molar-refractivity contribution in [2.75, 3.05) is 24.3 Å². The first-order valence-electron chi connectivity index (χ1n) is 10.5. The number of carbonyl (C=O) groups excluding carboxylic acids is 1. The fraction of sp³-hybridized carbons (Fsp3) is 0.458. The van der Waals surface area contributed by atoms with E-state index in [0.29, 0.717) is 19.4 Å². The molecule has 0 amide bonds. The van der Waals surface area contributed by atoms with E-state index in [1.807, 2.05) is 25.7 Å². The first-order chi connectivity index (χ1) is 14.2. The molecule has 0 unspecified atom stereocenters. The molecule has 0 bridgehead atoms. The van der Waals surface area contributed by atoms with E-state index in [1.54, 1.807) is 0 Å². The normalized spacial score (nSPS) is 21.7. The molecule has 30 heavy (non-hydrogen) atoms. The van der Waals surface area contributed by atoms with Crippen molar-refractivity contribution in [1.82, 2.24) is 9.78 Å². The number of aryl methyl sites for hydroxylation is 2. The van der Waals surface area contributed by atoms with Crippen molar-refractivity contribution in [1.29, 1.82) is 5.26 Å². The molecule has 0 spiro atoms. The van der Waals surface area contributed by atoms with E-state index in [2.05, 4.69) is 60.5 Å². The molecule has 1 aliphatic heterocycles. The van der Waals surface area contributed by atoms with E-state index >= 15 is 0 Å². The Hall–Kier alpha value is -3.07. The standard InChI is InChI=1S/C24H29N5O/c1-15-20-21(16-7-9-17(10-8-16)28(4)5)22-18(13-24(2,3)14-19(22)30)26-23(20)29(27-15)12-6-11-25/h7-10,13,21-22,26H,6,12,14H2,1-5H3/t21-,22+/m1/s1. The van der Waals surface area contributed by atoms with E-state index in [-0.39, 0.29) is 23.0 Å². The minimum absolute atomic E-state index is 0.0804. The lowest BCUT2D eigenvalue weighted by atomic mass is 9.67. The van der Waals surface area contributed by atoms with Crippen molar-refractivity contribution < 1.29 is 4.79 Å². The summed E-state index contributed by atoms with van der Waals surface area (Å²) < 4.78 is 1.89. The first kappa shape index (κ1) is 20.2. The molecule has 4 rings (SSSR count). The van der Waals surface area contributed by atoms with Gasteiger partial charge in [0, 0.05) is 43.4 Å². The second kappa shape index (κ2) is 7.32. The van der Waals surface area contributed by atoms with Gasteiger partial charge >= 0.3 is 0 Å². The molecule has 0 radical (unpaired) electrons. The number of anilines is 2. The highest BCUT2D eigenvalue weighted by molar-refractivity contribution is 5.90. The Bertz CT molecular complexity index is 1050. The van der Waals surface area contributed by atoms with E-state index in [1.165, 1.54) is 0 Å². The Kier molecular flexibility index (Phi) is 4.93. The Labute approximate surface area is 178 Å². The third-order valence-corrected chi connectivity index (χ3v) is 6.14. The van der Waals surface area contributed by atoms with E-state index in [0.717, 1.165) is 34.0 Å². The SMILES string of the molecule is Cc1nn(CCC#N)c2c1[C@@H](c1ccc(N(C)C)cc1)[C@@H]1C(=O)CC(C)(C)C=C1N2. The summed E-state index contributed by atoms with van der Waals surface area (Å²) in [4.78, 5) is 15.4. The first-order valence-corrected chi connectivity index (χ1v) is 10.5. The summed E-state index contributed by atoms with van der Waals surface area (Å²) in [6, 6.07) is 10.7. The Morgan fingerprint density at radius 2 is 1.97 bits per heavy atom. The van der Waals surface area contributed by atoms with Gasteiger partial charge in [-0.05, 0) is 30.0 Å². The van der Waals surface area contributed by atoms with Crippen LogP contribution in [0.25, 0.3) is 0 Å². The molecule has 6 nitrogen and oxygen atoms in total. The summed E-state index contributed by atoms with van der Waals surface area (Å²) in [6.45, 7) is 6.73. The summed E-state index contributed by atoms with van der Waals surface area (Å²) >= 11 is 0. The smallest absolute Gasteiger partial charge is 0.143 e. The van der Waals surface area contributed by atoms with Crippen LogP contribution in [0.2, 0.25) is 0 Å². The van der Waals surface area contributed by atoms with Crippen molar-refractivity contribution in [2.24, 2.45) is 11.3 Å². The van der Waals surface area contributed by atoms with Gasteiger partial charge in [-0.2, -0.15) is 10.4 Å². The quantitative estimate of drug-likeness (QED) is 0.827. The molecule has 2 heterocycles. The van der Waals surface area contributed by atoms with Crippen molar-refractivity contribution >= 4 is 17.3 Å². The Morgan fingerprint density at radius 3 is 2.60 bits per heavy atom. The zero-order valence-electron chi connectivity index (χ0n) is 18.4. The maximum atomic E-state index is 13.3. The van der Waals surface area contributed by atoms with Crippen LogP contribution in [0.4, 0.5) is 11.5 Å². The van der Waals surface area contributed by atoms with E-state index in [4.69, 9.17) is 10.4 Å². The van der Waals surface area contributed by atoms with E-state index < -0.39 is 0 Å². The van der Waals surface area contributed by atoms with Gasteiger partial charge < -0.3 is 10.2 Å². The summed E-state index contributed by atoms with van der Waals surface area (Å²) in [7, 11) is 4.04. The third-order valence-electron chi connectivity index (χ3n) is 6.14. The highest BCUT2D eigenvalue weighted by Crippen LogP contribution is 2.50. The third kappa shape index (κ3) is 3.39. The molecule has 156 valence electrons. The number of nitrogens with zero attached hydrogens (tertiary/aromatic N) is 4. The monoisotopic (exact) mass is 403 g/mol. The number of fused-ring (bicyclic) bond motifs is 2. The molecule has 2 atom stereocenters. The molecule has 6 heteroatoms. The summed E-state index contributed by atoms with van der Waals surface area (Å²) in [5.74, 6) is 0.866. The molecule has 1 N–H and O–H groups in total. The van der Waals surface area contributed by atoms with E-state index in [9.17, 15) is 4.79 Å². The van der Waals surface area contributed by atoms with Crippen molar-refractivity contribution in [2.45, 2.75) is 46.1 Å². The molecular weight excluding hydrogens is 374 g/mol. The lowest BCUT2D eigenvalue weighted by Crippen LogP contribution is -2.39. The van der Waals surface area contributed by atoms with Crippen LogP contribution in [0.3, 0.4) is 0 Å². The average molecular weight is 404 g/mol. The highest BCUT2D eigenvalue weighted by Gasteiger charge is 2.45. The lowest BCUT2D eigenvalue weighted by molar-refractivity contribution is -0.124. The number of Topliss-reactive ketones (excluding diaryl/α,β-unsaturated/α-hetero) is 1. The van der Waals surface area contributed by atoms with Gasteiger partial charge in [0.15, 0.2) is 0 Å². The lowest BCUT2D eigenvalue weighted by Gasteiger charge is -2.40. The molecule has 2 aromatic rings. The predicted molar refractivity (Wildman–Crippen MR) is 118 cm³/mol. The minimum Gasteiger partial charge on any atom is -0.378 e. The number of rotatable bonds is 4. The van der Waals surface area contributed by atoms with Crippen LogP contribution in [0.15, 0.2) is 36.0 Å². The Balaban J connectivity index is 1.89. The van der Waals surface area contributed by atoms with Gasteiger partial charge in [-0.3, -0.25) is 4.79 Å². The van der Waals surface area contributed by atoms with Gasteiger partial charge in [-0.1, -0.05) is 32.1 Å². The number of nitriles is 1. The van der Waals surface area contributed by atoms with Crippen LogP contribution in [-0.2, 0) is 11.3 Å². The van der Waals surface area contributed by atoms with Crippen molar-refractivity contribution in [3.05, 3.63) is 52.9 Å². The van der Waals surface area contributed by atoms with Gasteiger partial charge in [0.05, 0.1) is 30.6 Å². The number of nitrogens with one attached hydrogen (secondary N) is 1. The number of allylic oxidation sites excluding steroid dienone is 2. The topological polar surface area (TPSA) is 74.0 Å². The van der Waals surface area contributed by atoms with Gasteiger partial charge in [-0.15, -0.1) is 0 Å². The molecule has 2 aliphatic rings. The predicted octanol–water partition coefficient (Wildman–Crippen LogP) is 4.23. The molecule has 0 saturated heterocycles. The van der Waals surface area contributed by atoms with Crippen LogP contribution in [0.1, 0.15) is 49.4 Å². The fourth-order valence-electron chi connectivity index (χ4n) is 4.83. The molecule has 1 aromatic carbocycles. The average Bonchev–Trinajstić information content (AvgIpc) is 2.99. The molecule has 1 aromatic heterocycles. The van der Waals surface area contributed by atoms with Crippen LogP contribution in [0, 0.1) is 29.6 Å². The van der Waals surface area contributed by atoms with Crippen LogP contribution < -0.4 is 10.2 Å². The summed E-state index contributed by atoms with van der Waals surface area (Å²) in [5.41, 5.74) is 5.01. The zero-order valence-corrected chi connectivity index (χ0v) is 18.4. The fourth-order valence-corrected chi connectivity index (χ4v) is 4.83. The van der Waals surface area contributed by atoms with Gasteiger partial charge in [-0.25, -0.2) is 4.68 Å². The van der Waals surface area contributed by atoms with Gasteiger partial charge in [0.25, 0.3) is 0 Å². The van der Waals surface area contributed by atoms with Crippen molar-refractivity contribution in [3.8, 4) is 6.07 Å². The molecule has 0 fully saturated rings. The second-order valence-corrected chi connectivity index (χ2v) is 9.28. The van der Waals surface area contributed by atoms with Gasteiger partial charge in [0.1, 0.15) is 11.6 Å². The van der Waals surface area contributed by atoms with Crippen LogP contribution in [-0.4, -0.2) is 29.7 Å². The Morgan fingerprint density at radius 1 is 1.27 bits per heavy atom. The van der Waals surface area contributed by atoms with Gasteiger partial charge in [0.2, 0.25) is 0 Å². The molecular formula is C24H29N5O. The largest absolute Gasteiger partial charge is 0.378 e. The number of aromatic nitrogens is 2. The number of carbonyl (C=O) groups is 1. The molecule has 1 aliphatic carbocycles. The zero-order chi connectivity index (χ0) is 21.6. The molecule has 0 saturated carbocycles. The minimum atomic E-state index is -0.233. The maximum absolute atomic E-state index is 13.3.